The maximum Gasteiger partial charge on any atom is 0.210 e. The second-order valence-electron chi connectivity index (χ2n) is 8.59. The van der Waals surface area contributed by atoms with E-state index in [4.69, 9.17) is 4.74 Å². The second-order valence-corrected chi connectivity index (χ2v) is 8.59. The van der Waals surface area contributed by atoms with Crippen molar-refractivity contribution in [1.82, 2.24) is 0 Å². The minimum absolute atomic E-state index is 0.00536. The molecule has 1 fully saturated rings. The highest BCUT2D eigenvalue weighted by Crippen LogP contribution is 2.49. The molecule has 1 aliphatic carbocycles. The van der Waals surface area contributed by atoms with Crippen LogP contribution in [0.4, 0.5) is 0 Å². The van der Waals surface area contributed by atoms with Gasteiger partial charge in [-0.15, -0.1) is 0 Å². The van der Waals surface area contributed by atoms with E-state index in [2.05, 4.69) is 0 Å². The molecule has 0 bridgehead atoms. The number of ether oxygens (including phenoxy) is 1. The predicted octanol–water partition coefficient (Wildman–Crippen LogP) is 3.20. The molecule has 4 N–H and O–H groups in total. The number of hydrogen-bond acceptors (Lipinski definition) is 7. The fourth-order valence-corrected chi connectivity index (χ4v) is 4.58. The summed E-state index contributed by atoms with van der Waals surface area (Å²) in [5.74, 6) is -1.61. The van der Waals surface area contributed by atoms with Gasteiger partial charge in [-0.2, -0.15) is 0 Å². The molecule has 1 saturated heterocycles. The van der Waals surface area contributed by atoms with Crippen molar-refractivity contribution in [3.05, 3.63) is 52.3 Å². The first kappa shape index (κ1) is 20.9. The SMILES string of the molecule is CC(=O)C=C1CC2(O)Cc3c(c(O)c4c(O)cc(O)cc4c3CC=C(C)C)C(=O)C2O1. The van der Waals surface area contributed by atoms with Crippen LogP contribution in [0.2, 0.25) is 0 Å². The van der Waals surface area contributed by atoms with Gasteiger partial charge in [-0.1, -0.05) is 11.6 Å². The van der Waals surface area contributed by atoms with Crippen LogP contribution in [-0.2, 0) is 22.4 Å². The molecule has 0 spiro atoms. The quantitative estimate of drug-likeness (QED) is 0.441. The summed E-state index contributed by atoms with van der Waals surface area (Å²) in [6.07, 6.45) is 2.30. The van der Waals surface area contributed by atoms with Crippen molar-refractivity contribution in [2.45, 2.75) is 51.7 Å². The Morgan fingerprint density at radius 1 is 1.19 bits per heavy atom. The number of phenolic OH excluding ortho intramolecular Hbond substituents is 3. The highest BCUT2D eigenvalue weighted by Gasteiger charge is 2.55. The average molecular weight is 424 g/mol. The monoisotopic (exact) mass is 424 g/mol. The van der Waals surface area contributed by atoms with E-state index in [1.54, 1.807) is 0 Å². The third kappa shape index (κ3) is 3.35. The number of Topliss-reactive ketones (excluding diaryl/α,β-unsaturated/α-hetero) is 1. The zero-order valence-corrected chi connectivity index (χ0v) is 17.5. The number of fused-ring (bicyclic) bond motifs is 3. The lowest BCUT2D eigenvalue weighted by atomic mass is 9.73. The number of carbonyl (C=O) groups is 2. The van der Waals surface area contributed by atoms with Gasteiger partial charge in [0.2, 0.25) is 5.78 Å². The van der Waals surface area contributed by atoms with Crippen molar-refractivity contribution in [2.24, 2.45) is 0 Å². The Morgan fingerprint density at radius 2 is 1.90 bits per heavy atom. The van der Waals surface area contributed by atoms with Crippen molar-refractivity contribution < 1.29 is 34.8 Å². The number of phenols is 3. The van der Waals surface area contributed by atoms with Crippen molar-refractivity contribution in [2.75, 3.05) is 0 Å². The fraction of sp³-hybridized carbons (Fsp3) is 0.333. The summed E-state index contributed by atoms with van der Waals surface area (Å²) in [4.78, 5) is 24.8. The molecule has 0 amide bonds. The van der Waals surface area contributed by atoms with E-state index in [0.717, 1.165) is 11.6 Å². The molecule has 2 aliphatic rings. The molecule has 0 saturated carbocycles. The number of rotatable bonds is 3. The third-order valence-electron chi connectivity index (χ3n) is 5.85. The third-order valence-corrected chi connectivity index (χ3v) is 5.85. The summed E-state index contributed by atoms with van der Waals surface area (Å²) in [7, 11) is 0. The molecule has 2 unspecified atom stereocenters. The summed E-state index contributed by atoms with van der Waals surface area (Å²) in [6, 6.07) is 2.53. The van der Waals surface area contributed by atoms with E-state index < -0.39 is 23.2 Å². The molecular weight excluding hydrogens is 400 g/mol. The van der Waals surface area contributed by atoms with Crippen LogP contribution in [-0.4, -0.2) is 43.7 Å². The zero-order chi connectivity index (χ0) is 22.7. The molecule has 1 aliphatic heterocycles. The van der Waals surface area contributed by atoms with Crippen LogP contribution in [0.5, 0.6) is 17.2 Å². The molecule has 0 radical (unpaired) electrons. The normalized spacial score (nSPS) is 23.4. The second kappa shape index (κ2) is 7.13. The Morgan fingerprint density at radius 3 is 2.55 bits per heavy atom. The molecule has 2 aromatic carbocycles. The van der Waals surface area contributed by atoms with Gasteiger partial charge in [-0.05, 0) is 49.8 Å². The number of ketones is 2. The number of allylic oxidation sites excluding steroid dienone is 3. The van der Waals surface area contributed by atoms with Crippen LogP contribution in [0.3, 0.4) is 0 Å². The Balaban J connectivity index is 2.01. The molecule has 2 aromatic rings. The molecular formula is C24H24O7. The van der Waals surface area contributed by atoms with Crippen molar-refractivity contribution >= 4 is 22.3 Å². The van der Waals surface area contributed by atoms with Gasteiger partial charge >= 0.3 is 0 Å². The van der Waals surface area contributed by atoms with Crippen LogP contribution >= 0.6 is 0 Å². The van der Waals surface area contributed by atoms with Crippen LogP contribution in [0.25, 0.3) is 10.8 Å². The summed E-state index contributed by atoms with van der Waals surface area (Å²) in [5.41, 5.74) is 0.520. The van der Waals surface area contributed by atoms with Gasteiger partial charge in [0.1, 0.15) is 28.6 Å². The molecule has 7 heteroatoms. The number of aliphatic hydroxyl groups is 1. The molecule has 162 valence electrons. The van der Waals surface area contributed by atoms with E-state index in [1.807, 2.05) is 19.9 Å². The Kier molecular flexibility index (Phi) is 4.81. The number of carbonyl (C=O) groups excluding carboxylic acids is 2. The van der Waals surface area contributed by atoms with Gasteiger partial charge in [0.05, 0.1) is 10.9 Å². The molecule has 0 aromatic heterocycles. The minimum Gasteiger partial charge on any atom is -0.508 e. The lowest BCUT2D eigenvalue weighted by Crippen LogP contribution is -2.49. The van der Waals surface area contributed by atoms with E-state index in [-0.39, 0.29) is 46.8 Å². The maximum atomic E-state index is 13.4. The highest BCUT2D eigenvalue weighted by molar-refractivity contribution is 6.12. The summed E-state index contributed by atoms with van der Waals surface area (Å²) in [6.45, 7) is 5.19. The standard InChI is InChI=1S/C24H24O7/c1-11(2)4-5-15-16-7-13(26)8-18(27)19(16)21(28)20-17(15)10-24(30)9-14(6-12(3)25)31-23(24)22(20)29/h4,6-8,23,26-28,30H,5,9-10H2,1-3H3. The molecule has 1 heterocycles. The fourth-order valence-electron chi connectivity index (χ4n) is 4.58. The topological polar surface area (TPSA) is 124 Å². The first-order valence-electron chi connectivity index (χ1n) is 10.0. The molecule has 2 atom stereocenters. The van der Waals surface area contributed by atoms with Gasteiger partial charge < -0.3 is 25.2 Å². The van der Waals surface area contributed by atoms with Crippen LogP contribution in [0.15, 0.2) is 35.6 Å². The number of benzene rings is 2. The van der Waals surface area contributed by atoms with Gasteiger partial charge in [-0.3, -0.25) is 9.59 Å². The van der Waals surface area contributed by atoms with Crippen LogP contribution in [0, 0.1) is 0 Å². The van der Waals surface area contributed by atoms with E-state index >= 15 is 0 Å². The zero-order valence-electron chi connectivity index (χ0n) is 17.5. The predicted molar refractivity (Wildman–Crippen MR) is 113 cm³/mol. The summed E-state index contributed by atoms with van der Waals surface area (Å²) < 4.78 is 5.62. The van der Waals surface area contributed by atoms with Crippen molar-refractivity contribution in [3.63, 3.8) is 0 Å². The number of hydrogen-bond donors (Lipinski definition) is 4. The van der Waals surface area contributed by atoms with E-state index in [9.17, 15) is 30.0 Å². The molecule has 7 nitrogen and oxygen atoms in total. The number of aromatic hydroxyl groups is 3. The largest absolute Gasteiger partial charge is 0.508 e. The van der Waals surface area contributed by atoms with Gasteiger partial charge in [-0.25, -0.2) is 0 Å². The smallest absolute Gasteiger partial charge is 0.210 e. The Hall–Kier alpha value is -3.32. The first-order chi connectivity index (χ1) is 14.5. The van der Waals surface area contributed by atoms with Crippen molar-refractivity contribution in [1.29, 1.82) is 0 Å². The Bertz CT molecular complexity index is 1200. The summed E-state index contributed by atoms with van der Waals surface area (Å²) >= 11 is 0. The van der Waals surface area contributed by atoms with E-state index in [0.29, 0.717) is 22.9 Å². The first-order valence-corrected chi connectivity index (χ1v) is 10.0. The molecule has 31 heavy (non-hydrogen) atoms. The molecule has 4 rings (SSSR count). The van der Waals surface area contributed by atoms with E-state index in [1.165, 1.54) is 19.1 Å². The maximum absolute atomic E-state index is 13.4. The lowest BCUT2D eigenvalue weighted by Gasteiger charge is -2.34. The summed E-state index contributed by atoms with van der Waals surface area (Å²) in [5, 5.41) is 43.2. The average Bonchev–Trinajstić information content (AvgIpc) is 2.96. The highest BCUT2D eigenvalue weighted by atomic mass is 16.5. The van der Waals surface area contributed by atoms with Crippen LogP contribution < -0.4 is 0 Å². The van der Waals surface area contributed by atoms with Gasteiger partial charge in [0.25, 0.3) is 0 Å². The van der Waals surface area contributed by atoms with Crippen LogP contribution in [0.1, 0.15) is 48.7 Å². The van der Waals surface area contributed by atoms with Crippen molar-refractivity contribution in [3.8, 4) is 17.2 Å². The Labute approximate surface area is 178 Å². The minimum atomic E-state index is -1.57. The lowest BCUT2D eigenvalue weighted by molar-refractivity contribution is -0.112. The van der Waals surface area contributed by atoms with Gasteiger partial charge in [0.15, 0.2) is 11.9 Å². The van der Waals surface area contributed by atoms with Gasteiger partial charge in [0, 0.05) is 25.0 Å².